The highest BCUT2D eigenvalue weighted by atomic mass is 16.7. The Morgan fingerprint density at radius 2 is 1.88 bits per heavy atom. The van der Waals surface area contributed by atoms with Crippen LogP contribution < -0.4 is 5.73 Å². The minimum absolute atomic E-state index is 1.35. The fourth-order valence-electron chi connectivity index (χ4n) is 0.189. The molecule has 0 fully saturated rings. The molecule has 0 aromatic carbocycles. The second-order valence-electron chi connectivity index (χ2n) is 1.17. The summed E-state index contributed by atoms with van der Waals surface area (Å²) in [4.78, 5) is 3.09. The van der Waals surface area contributed by atoms with Crippen molar-refractivity contribution in [1.29, 1.82) is 0 Å². The summed E-state index contributed by atoms with van der Waals surface area (Å²) < 4.78 is 9.00. The Morgan fingerprint density at radius 3 is 1.88 bits per heavy atom. The molecule has 8 heavy (non-hydrogen) atoms. The van der Waals surface area contributed by atoms with Crippen LogP contribution in [-0.2, 0) is 9.47 Å². The van der Waals surface area contributed by atoms with Gasteiger partial charge in [-0.25, -0.2) is 5.73 Å². The van der Waals surface area contributed by atoms with Crippen LogP contribution in [0.1, 0.15) is 0 Å². The molecule has 46 valence electrons. The summed E-state index contributed by atoms with van der Waals surface area (Å²) in [5, 5.41) is 0. The molecule has 0 aliphatic heterocycles. The van der Waals surface area contributed by atoms with Crippen molar-refractivity contribution >= 4 is 0 Å². The van der Waals surface area contributed by atoms with E-state index in [9.17, 15) is 0 Å². The van der Waals surface area contributed by atoms with Crippen molar-refractivity contribution in [3.63, 3.8) is 0 Å². The molecule has 0 unspecified atom stereocenters. The molecular weight excluding hydrogens is 108 g/mol. The van der Waals surface area contributed by atoms with E-state index in [1.165, 1.54) is 14.2 Å². The maximum absolute atomic E-state index is 5.16. The van der Waals surface area contributed by atoms with Crippen LogP contribution >= 0.6 is 0 Å². The van der Waals surface area contributed by atoms with Crippen molar-refractivity contribution in [3.8, 4) is 6.57 Å². The van der Waals surface area contributed by atoms with Gasteiger partial charge in [0, 0.05) is 19.1 Å². The van der Waals surface area contributed by atoms with Crippen LogP contribution in [0.3, 0.4) is 0 Å². The quantitative estimate of drug-likeness (QED) is 0.510. The van der Waals surface area contributed by atoms with Crippen molar-refractivity contribution in [2.75, 3.05) is 14.2 Å². The van der Waals surface area contributed by atoms with E-state index in [4.69, 9.17) is 12.3 Å². The van der Waals surface area contributed by atoms with Gasteiger partial charge in [0.15, 0.2) is 0 Å². The van der Waals surface area contributed by atoms with Crippen LogP contribution in [0.2, 0.25) is 0 Å². The van der Waals surface area contributed by atoms with E-state index >= 15 is 0 Å². The van der Waals surface area contributed by atoms with Gasteiger partial charge in [0.2, 0.25) is 0 Å². The molecule has 0 atom stereocenters. The van der Waals surface area contributed by atoms with Crippen molar-refractivity contribution in [1.82, 2.24) is 0 Å². The number of hydrogen-bond acceptors (Lipinski definition) is 3. The summed E-state index contributed by atoms with van der Waals surface area (Å²) in [5.74, 6) is 0. The zero-order valence-electron chi connectivity index (χ0n) is 4.92. The van der Waals surface area contributed by atoms with Gasteiger partial charge in [0.05, 0.1) is 0 Å². The Labute approximate surface area is 48.0 Å². The van der Waals surface area contributed by atoms with E-state index < -0.39 is 6.03 Å². The number of hydrogen-bond donors (Lipinski definition) is 1. The Balaban J connectivity index is 3.83. The summed E-state index contributed by atoms with van der Waals surface area (Å²) >= 11 is 0. The molecule has 2 N–H and O–H groups in total. The third kappa shape index (κ3) is 1.46. The lowest BCUT2D eigenvalue weighted by molar-refractivity contribution is -0.167. The van der Waals surface area contributed by atoms with Crippen LogP contribution in [0.5, 0.6) is 0 Å². The molecule has 0 aliphatic carbocycles. The standard InChI is InChI=1S/C4H9N2O2/c1-6-4(5,7-2)8-3/h1H,5H2,2-3H3/q+1. The monoisotopic (exact) mass is 117 g/mol. The van der Waals surface area contributed by atoms with E-state index in [-0.39, 0.29) is 0 Å². The lowest BCUT2D eigenvalue weighted by atomic mass is 10.9. The third-order valence-electron chi connectivity index (χ3n) is 0.765. The average Bonchev–Trinajstić information content (AvgIpc) is 1.87. The largest absolute Gasteiger partial charge is 0.569 e. The molecule has 0 heterocycles. The number of ether oxygens (including phenoxy) is 2. The van der Waals surface area contributed by atoms with E-state index in [0.717, 1.165) is 0 Å². The van der Waals surface area contributed by atoms with Crippen molar-refractivity contribution < 1.29 is 9.47 Å². The molecule has 4 heteroatoms. The Bertz CT molecular complexity index is 103. The molecule has 0 amide bonds. The molecule has 0 rings (SSSR count). The molecule has 0 aliphatic rings. The zero-order valence-corrected chi connectivity index (χ0v) is 4.92. The van der Waals surface area contributed by atoms with Gasteiger partial charge in [-0.1, -0.05) is 0 Å². The Morgan fingerprint density at radius 1 is 1.50 bits per heavy atom. The fraction of sp³-hybridized carbons (Fsp3) is 0.750. The Hall–Kier alpha value is -0.630. The maximum atomic E-state index is 5.16. The summed E-state index contributed by atoms with van der Waals surface area (Å²) in [6.45, 7) is 4.78. The number of nitrogens with zero attached hydrogens (tertiary/aromatic N) is 1. The maximum Gasteiger partial charge on any atom is 0.569 e. The smallest absolute Gasteiger partial charge is 0.269 e. The highest BCUT2D eigenvalue weighted by Gasteiger charge is 2.34. The Kier molecular flexibility index (Phi) is 2.42. The molecule has 0 saturated carbocycles. The number of methoxy groups -OCH3 is 2. The van der Waals surface area contributed by atoms with Gasteiger partial charge in [-0.15, -0.1) is 0 Å². The lowest BCUT2D eigenvalue weighted by Gasteiger charge is -2.04. The molecule has 0 bridgehead atoms. The van der Waals surface area contributed by atoms with Crippen LogP contribution in [0.4, 0.5) is 0 Å². The van der Waals surface area contributed by atoms with Gasteiger partial charge < -0.3 is 0 Å². The predicted molar refractivity (Wildman–Crippen MR) is 29.2 cm³/mol. The normalized spacial score (nSPS) is 10.8. The minimum atomic E-state index is -1.47. The van der Waals surface area contributed by atoms with Crippen LogP contribution in [0.15, 0.2) is 0 Å². The number of nitrogens with two attached hydrogens (primary N) is 1. The SMILES string of the molecule is C#[N+]C(N)(OC)OC. The second-order valence-corrected chi connectivity index (χ2v) is 1.17. The highest BCUT2D eigenvalue weighted by molar-refractivity contribution is 4.76. The van der Waals surface area contributed by atoms with Gasteiger partial charge in [-0.05, 0) is 0 Å². The zero-order chi connectivity index (χ0) is 6.62. The first-order valence-corrected chi connectivity index (χ1v) is 2.00. The van der Waals surface area contributed by atoms with E-state index in [1.807, 2.05) is 0 Å². The first-order chi connectivity index (χ1) is 3.68. The van der Waals surface area contributed by atoms with Gasteiger partial charge in [-0.3, -0.25) is 9.47 Å². The van der Waals surface area contributed by atoms with Crippen LogP contribution in [0, 0.1) is 6.57 Å². The summed E-state index contributed by atoms with van der Waals surface area (Å²) in [6.07, 6.45) is 0. The molecular formula is C4H9N2O2+. The topological polar surface area (TPSA) is 48.8 Å². The molecule has 0 spiro atoms. The van der Waals surface area contributed by atoms with Crippen molar-refractivity contribution in [3.05, 3.63) is 4.85 Å². The molecule has 0 aromatic rings. The second kappa shape index (κ2) is 2.62. The number of rotatable bonds is 2. The predicted octanol–water partition coefficient (Wildman–Crippen LogP) is -0.188. The average molecular weight is 117 g/mol. The van der Waals surface area contributed by atoms with Gasteiger partial charge in [-0.2, -0.15) is 0 Å². The van der Waals surface area contributed by atoms with E-state index in [2.05, 4.69) is 14.3 Å². The van der Waals surface area contributed by atoms with Crippen LogP contribution in [0.25, 0.3) is 4.85 Å². The first-order valence-electron chi connectivity index (χ1n) is 2.00. The van der Waals surface area contributed by atoms with E-state index in [0.29, 0.717) is 0 Å². The molecule has 0 saturated heterocycles. The van der Waals surface area contributed by atoms with E-state index in [1.54, 1.807) is 0 Å². The van der Waals surface area contributed by atoms with Crippen molar-refractivity contribution in [2.45, 2.75) is 6.03 Å². The van der Waals surface area contributed by atoms with Crippen LogP contribution in [-0.4, -0.2) is 20.3 Å². The van der Waals surface area contributed by atoms with Crippen molar-refractivity contribution in [2.24, 2.45) is 5.73 Å². The highest BCUT2D eigenvalue weighted by Crippen LogP contribution is 2.01. The molecule has 0 aromatic heterocycles. The van der Waals surface area contributed by atoms with Gasteiger partial charge in [0.25, 0.3) is 6.57 Å². The third-order valence-corrected chi connectivity index (χ3v) is 0.765. The summed E-state index contributed by atoms with van der Waals surface area (Å²) in [6, 6.07) is -1.47. The first kappa shape index (κ1) is 7.37. The van der Waals surface area contributed by atoms with Gasteiger partial charge >= 0.3 is 6.03 Å². The summed E-state index contributed by atoms with van der Waals surface area (Å²) in [7, 11) is 2.69. The van der Waals surface area contributed by atoms with Gasteiger partial charge in [0.1, 0.15) is 0 Å². The fourth-order valence-corrected chi connectivity index (χ4v) is 0.189. The molecule has 4 nitrogen and oxygen atoms in total. The summed E-state index contributed by atoms with van der Waals surface area (Å²) in [5.41, 5.74) is 5.16. The minimum Gasteiger partial charge on any atom is -0.269 e. The molecule has 0 radical (unpaired) electrons. The lowest BCUT2D eigenvalue weighted by Crippen LogP contribution is -2.39.